The Morgan fingerprint density at radius 2 is 1.81 bits per heavy atom. The molecular weight excluding hydrogens is 258 g/mol. The molecule has 0 aromatic heterocycles. The minimum Gasteiger partial charge on any atom is -0.369 e. The molecule has 1 unspecified atom stereocenters. The first-order valence-corrected chi connectivity index (χ1v) is 8.33. The summed E-state index contributed by atoms with van der Waals surface area (Å²) in [4.78, 5) is 5.08. The lowest BCUT2D eigenvalue weighted by Gasteiger charge is -2.36. The molecular formula is C18H31N3. The number of nitrogens with zero attached hydrogens (tertiary/aromatic N) is 2. The molecule has 1 atom stereocenters. The molecule has 1 aromatic carbocycles. The fraction of sp³-hybridized carbons (Fsp3) is 0.667. The number of hydrogen-bond donors (Lipinski definition) is 1. The first kappa shape index (κ1) is 16.3. The van der Waals surface area contributed by atoms with Crippen molar-refractivity contribution in [2.45, 2.75) is 33.7 Å². The van der Waals surface area contributed by atoms with E-state index in [1.165, 1.54) is 30.9 Å². The molecule has 1 fully saturated rings. The zero-order valence-electron chi connectivity index (χ0n) is 14.1. The second kappa shape index (κ2) is 7.81. The highest BCUT2D eigenvalue weighted by atomic mass is 15.3. The van der Waals surface area contributed by atoms with Crippen molar-refractivity contribution in [1.82, 2.24) is 10.2 Å². The van der Waals surface area contributed by atoms with Crippen LogP contribution in [0.2, 0.25) is 0 Å². The van der Waals surface area contributed by atoms with Crippen LogP contribution in [-0.2, 0) is 0 Å². The molecule has 0 aliphatic carbocycles. The summed E-state index contributed by atoms with van der Waals surface area (Å²) in [6, 6.07) is 9.46. The number of anilines is 1. The second-order valence-electron chi connectivity index (χ2n) is 6.65. The summed E-state index contributed by atoms with van der Waals surface area (Å²) in [5, 5.41) is 3.62. The highest BCUT2D eigenvalue weighted by Crippen LogP contribution is 2.17. The summed E-state index contributed by atoms with van der Waals surface area (Å²) in [5.74, 6) is 0.711. The quantitative estimate of drug-likeness (QED) is 0.869. The van der Waals surface area contributed by atoms with Gasteiger partial charge in [0.05, 0.1) is 0 Å². The molecule has 0 amide bonds. The van der Waals surface area contributed by atoms with Gasteiger partial charge in [-0.2, -0.15) is 0 Å². The largest absolute Gasteiger partial charge is 0.369 e. The molecule has 2 rings (SSSR count). The normalized spacial score (nSPS) is 18.2. The summed E-state index contributed by atoms with van der Waals surface area (Å²) in [7, 11) is 0. The van der Waals surface area contributed by atoms with E-state index in [-0.39, 0.29) is 0 Å². The van der Waals surface area contributed by atoms with E-state index in [1.807, 2.05) is 0 Å². The van der Waals surface area contributed by atoms with Crippen LogP contribution in [0.4, 0.5) is 5.69 Å². The highest BCUT2D eigenvalue weighted by Gasteiger charge is 2.17. The molecule has 0 bridgehead atoms. The van der Waals surface area contributed by atoms with Crippen LogP contribution in [0.5, 0.6) is 0 Å². The number of rotatable bonds is 6. The fourth-order valence-corrected chi connectivity index (χ4v) is 2.74. The molecule has 1 saturated heterocycles. The van der Waals surface area contributed by atoms with Gasteiger partial charge in [-0.05, 0) is 37.5 Å². The maximum atomic E-state index is 3.62. The Morgan fingerprint density at radius 1 is 1.10 bits per heavy atom. The van der Waals surface area contributed by atoms with Crippen LogP contribution in [0.25, 0.3) is 0 Å². The molecule has 118 valence electrons. The van der Waals surface area contributed by atoms with Crippen LogP contribution in [0.15, 0.2) is 24.3 Å². The Morgan fingerprint density at radius 3 is 2.43 bits per heavy atom. The minimum absolute atomic E-state index is 0.610. The lowest BCUT2D eigenvalue weighted by Crippen LogP contribution is -2.48. The first-order chi connectivity index (χ1) is 10.1. The molecule has 0 radical (unpaired) electrons. The molecule has 3 nitrogen and oxygen atoms in total. The molecule has 1 heterocycles. The predicted molar refractivity (Wildman–Crippen MR) is 92.1 cm³/mol. The molecule has 0 saturated carbocycles. The van der Waals surface area contributed by atoms with E-state index in [1.54, 1.807) is 0 Å². The summed E-state index contributed by atoms with van der Waals surface area (Å²) in [6.07, 6.45) is 0. The Labute approximate surface area is 130 Å². The Kier molecular flexibility index (Phi) is 6.07. The predicted octanol–water partition coefficient (Wildman–Crippen LogP) is 2.75. The van der Waals surface area contributed by atoms with Gasteiger partial charge in [-0.3, -0.25) is 4.90 Å². The van der Waals surface area contributed by atoms with Crippen LogP contribution >= 0.6 is 0 Å². The lowest BCUT2D eigenvalue weighted by atomic mass is 10.1. The van der Waals surface area contributed by atoms with E-state index in [0.29, 0.717) is 12.0 Å². The maximum absolute atomic E-state index is 3.62. The Hall–Kier alpha value is -1.06. The third kappa shape index (κ3) is 5.01. The average molecular weight is 289 g/mol. The number of benzene rings is 1. The second-order valence-corrected chi connectivity index (χ2v) is 6.65. The molecule has 0 spiro atoms. The Balaban J connectivity index is 1.71. The van der Waals surface area contributed by atoms with E-state index < -0.39 is 0 Å². The summed E-state index contributed by atoms with van der Waals surface area (Å²) < 4.78 is 0. The van der Waals surface area contributed by atoms with Gasteiger partial charge in [-0.1, -0.05) is 26.0 Å². The van der Waals surface area contributed by atoms with Crippen molar-refractivity contribution in [2.24, 2.45) is 5.92 Å². The SMILES string of the molecule is Cc1cccc(N2CCN(CCNC(C)C(C)C)CC2)c1. The summed E-state index contributed by atoms with van der Waals surface area (Å²) in [6.45, 7) is 15.9. The number of nitrogens with one attached hydrogen (secondary N) is 1. The van der Waals surface area contributed by atoms with E-state index in [0.717, 1.165) is 19.6 Å². The third-order valence-electron chi connectivity index (χ3n) is 4.63. The fourth-order valence-electron chi connectivity index (χ4n) is 2.74. The van der Waals surface area contributed by atoms with Crippen molar-refractivity contribution in [1.29, 1.82) is 0 Å². The van der Waals surface area contributed by atoms with Gasteiger partial charge in [0.1, 0.15) is 0 Å². The zero-order valence-corrected chi connectivity index (χ0v) is 14.1. The van der Waals surface area contributed by atoms with Crippen molar-refractivity contribution in [3.8, 4) is 0 Å². The van der Waals surface area contributed by atoms with E-state index in [4.69, 9.17) is 0 Å². The average Bonchev–Trinajstić information content (AvgIpc) is 2.47. The molecule has 1 aliphatic heterocycles. The van der Waals surface area contributed by atoms with Crippen molar-refractivity contribution in [2.75, 3.05) is 44.2 Å². The number of hydrogen-bond acceptors (Lipinski definition) is 3. The lowest BCUT2D eigenvalue weighted by molar-refractivity contribution is 0.251. The minimum atomic E-state index is 0.610. The van der Waals surface area contributed by atoms with Crippen molar-refractivity contribution >= 4 is 5.69 Å². The topological polar surface area (TPSA) is 18.5 Å². The van der Waals surface area contributed by atoms with Gasteiger partial charge in [-0.15, -0.1) is 0 Å². The third-order valence-corrected chi connectivity index (χ3v) is 4.63. The summed E-state index contributed by atoms with van der Waals surface area (Å²) >= 11 is 0. The van der Waals surface area contributed by atoms with Gasteiger partial charge in [0.2, 0.25) is 0 Å². The zero-order chi connectivity index (χ0) is 15.2. The van der Waals surface area contributed by atoms with Gasteiger partial charge in [0, 0.05) is 51.0 Å². The van der Waals surface area contributed by atoms with Gasteiger partial charge < -0.3 is 10.2 Å². The molecule has 1 aromatic rings. The number of aryl methyl sites for hydroxylation is 1. The van der Waals surface area contributed by atoms with Crippen LogP contribution in [0.3, 0.4) is 0 Å². The smallest absolute Gasteiger partial charge is 0.0369 e. The molecule has 1 N–H and O–H groups in total. The molecule has 1 aliphatic rings. The van der Waals surface area contributed by atoms with Crippen LogP contribution < -0.4 is 10.2 Å². The van der Waals surface area contributed by atoms with Gasteiger partial charge >= 0.3 is 0 Å². The standard InChI is InChI=1S/C18H31N3/c1-15(2)17(4)19-8-9-20-10-12-21(13-11-20)18-7-5-6-16(3)14-18/h5-7,14-15,17,19H,8-13H2,1-4H3. The monoisotopic (exact) mass is 289 g/mol. The summed E-state index contributed by atoms with van der Waals surface area (Å²) in [5.41, 5.74) is 2.73. The van der Waals surface area contributed by atoms with E-state index in [9.17, 15) is 0 Å². The van der Waals surface area contributed by atoms with Crippen molar-refractivity contribution < 1.29 is 0 Å². The van der Waals surface area contributed by atoms with Gasteiger partial charge in [-0.25, -0.2) is 0 Å². The van der Waals surface area contributed by atoms with Crippen molar-refractivity contribution in [3.63, 3.8) is 0 Å². The van der Waals surface area contributed by atoms with E-state index >= 15 is 0 Å². The number of piperazine rings is 1. The van der Waals surface area contributed by atoms with Gasteiger partial charge in [0.25, 0.3) is 0 Å². The van der Waals surface area contributed by atoms with Crippen molar-refractivity contribution in [3.05, 3.63) is 29.8 Å². The maximum Gasteiger partial charge on any atom is 0.0369 e. The van der Waals surface area contributed by atoms with Crippen LogP contribution in [-0.4, -0.2) is 50.2 Å². The Bertz CT molecular complexity index is 422. The molecule has 21 heavy (non-hydrogen) atoms. The van der Waals surface area contributed by atoms with Crippen LogP contribution in [0, 0.1) is 12.8 Å². The van der Waals surface area contributed by atoms with Crippen LogP contribution in [0.1, 0.15) is 26.3 Å². The van der Waals surface area contributed by atoms with Gasteiger partial charge in [0.15, 0.2) is 0 Å². The highest BCUT2D eigenvalue weighted by molar-refractivity contribution is 5.48. The van der Waals surface area contributed by atoms with E-state index in [2.05, 4.69) is 67.1 Å². The molecule has 3 heteroatoms. The first-order valence-electron chi connectivity index (χ1n) is 8.33.